The first kappa shape index (κ1) is 22.2. The van der Waals surface area contributed by atoms with Crippen molar-refractivity contribution < 1.29 is 19.1 Å². The lowest BCUT2D eigenvalue weighted by Gasteiger charge is -2.30. The van der Waals surface area contributed by atoms with Crippen molar-refractivity contribution in [3.05, 3.63) is 65.2 Å². The van der Waals surface area contributed by atoms with Gasteiger partial charge in [-0.25, -0.2) is 0 Å². The fourth-order valence-electron chi connectivity index (χ4n) is 4.29. The molecular formula is C24H27N3O4S. The highest BCUT2D eigenvalue weighted by molar-refractivity contribution is 8.01. The molecule has 0 saturated carbocycles. The summed E-state index contributed by atoms with van der Waals surface area (Å²) in [5.41, 5.74) is 2.48. The summed E-state index contributed by atoms with van der Waals surface area (Å²) >= 11 is 1.60. The number of nitrogens with one attached hydrogen (secondary N) is 2. The first-order valence-corrected chi connectivity index (χ1v) is 11.4. The Kier molecular flexibility index (Phi) is 5.90. The van der Waals surface area contributed by atoms with Gasteiger partial charge in [0.05, 0.1) is 7.11 Å². The van der Waals surface area contributed by atoms with Crippen molar-refractivity contribution in [2.45, 2.75) is 49.5 Å². The second-order valence-corrected chi connectivity index (χ2v) is 10.3. The van der Waals surface area contributed by atoms with Gasteiger partial charge >= 0.3 is 0 Å². The molecule has 2 heterocycles. The second kappa shape index (κ2) is 8.50. The summed E-state index contributed by atoms with van der Waals surface area (Å²) in [7, 11) is 1.59. The van der Waals surface area contributed by atoms with Gasteiger partial charge in [0.1, 0.15) is 23.2 Å². The maximum atomic E-state index is 13.3. The third-order valence-electron chi connectivity index (χ3n) is 5.90. The molecule has 2 N–H and O–H groups in total. The standard InChI is InChI=1S/C24H27N3O4S/c1-14(20(28)25-13-15-8-7-9-16(12-15)31-4)26-21(29)19-24(2,3)32-23-18-11-6-5-10-17(18)22(30)27(19)23/h5-12,14,19,23H,13H2,1-4H3,(H,25,28)(H,26,29)/t14-,19+,23-/m0/s1. The molecule has 0 aliphatic carbocycles. The number of nitrogens with zero attached hydrogens (tertiary/aromatic N) is 1. The Morgan fingerprint density at radius 1 is 1.19 bits per heavy atom. The van der Waals surface area contributed by atoms with Gasteiger partial charge in [0.15, 0.2) is 0 Å². The summed E-state index contributed by atoms with van der Waals surface area (Å²) in [6, 6.07) is 13.5. The molecule has 2 aromatic carbocycles. The number of hydrogen-bond donors (Lipinski definition) is 2. The lowest BCUT2D eigenvalue weighted by atomic mass is 10.0. The Bertz CT molecular complexity index is 1070. The largest absolute Gasteiger partial charge is 0.497 e. The van der Waals surface area contributed by atoms with E-state index in [4.69, 9.17) is 4.74 Å². The van der Waals surface area contributed by atoms with E-state index >= 15 is 0 Å². The van der Waals surface area contributed by atoms with Crippen LogP contribution in [0.3, 0.4) is 0 Å². The maximum absolute atomic E-state index is 13.3. The van der Waals surface area contributed by atoms with Crippen molar-refractivity contribution in [3.63, 3.8) is 0 Å². The van der Waals surface area contributed by atoms with Crippen LogP contribution >= 0.6 is 11.8 Å². The Morgan fingerprint density at radius 2 is 1.94 bits per heavy atom. The predicted molar refractivity (Wildman–Crippen MR) is 123 cm³/mol. The topological polar surface area (TPSA) is 87.7 Å². The van der Waals surface area contributed by atoms with Crippen molar-refractivity contribution in [3.8, 4) is 5.75 Å². The molecule has 32 heavy (non-hydrogen) atoms. The van der Waals surface area contributed by atoms with E-state index in [2.05, 4.69) is 10.6 Å². The number of thioether (sulfide) groups is 1. The van der Waals surface area contributed by atoms with Crippen molar-refractivity contribution in [1.82, 2.24) is 15.5 Å². The first-order chi connectivity index (χ1) is 15.2. The van der Waals surface area contributed by atoms with Crippen LogP contribution in [0.25, 0.3) is 0 Å². The zero-order chi connectivity index (χ0) is 23.0. The summed E-state index contributed by atoms with van der Waals surface area (Å²) in [4.78, 5) is 40.6. The van der Waals surface area contributed by atoms with Crippen LogP contribution in [-0.2, 0) is 16.1 Å². The smallest absolute Gasteiger partial charge is 0.256 e. The fraction of sp³-hybridized carbons (Fsp3) is 0.375. The van der Waals surface area contributed by atoms with Crippen molar-refractivity contribution >= 4 is 29.5 Å². The van der Waals surface area contributed by atoms with Gasteiger partial charge in [-0.2, -0.15) is 0 Å². The average Bonchev–Trinajstić information content (AvgIpc) is 3.21. The lowest BCUT2D eigenvalue weighted by molar-refractivity contribution is -0.131. The third kappa shape index (κ3) is 3.95. The average molecular weight is 454 g/mol. The van der Waals surface area contributed by atoms with Gasteiger partial charge in [-0.3, -0.25) is 14.4 Å². The van der Waals surface area contributed by atoms with E-state index in [0.29, 0.717) is 17.9 Å². The minimum absolute atomic E-state index is 0.140. The van der Waals surface area contributed by atoms with E-state index in [1.54, 1.807) is 36.8 Å². The molecule has 8 heteroatoms. The van der Waals surface area contributed by atoms with Crippen LogP contribution in [0, 0.1) is 0 Å². The van der Waals surface area contributed by atoms with Gasteiger partial charge in [-0.05, 0) is 50.1 Å². The number of amides is 3. The lowest BCUT2D eigenvalue weighted by Crippen LogP contribution is -2.56. The highest BCUT2D eigenvalue weighted by Gasteiger charge is 2.57. The van der Waals surface area contributed by atoms with Crippen LogP contribution in [0.4, 0.5) is 0 Å². The molecule has 168 valence electrons. The van der Waals surface area contributed by atoms with Gasteiger partial charge in [0.25, 0.3) is 5.91 Å². The molecule has 0 unspecified atom stereocenters. The molecule has 7 nitrogen and oxygen atoms in total. The molecule has 4 rings (SSSR count). The van der Waals surface area contributed by atoms with Crippen LogP contribution in [0.2, 0.25) is 0 Å². The SMILES string of the molecule is COc1cccc(CNC(=O)[C@H](C)NC(=O)[C@H]2N3C(=O)c4ccccc4[C@@H]3SC2(C)C)c1. The van der Waals surface area contributed by atoms with E-state index in [9.17, 15) is 14.4 Å². The van der Waals surface area contributed by atoms with Gasteiger partial charge in [0, 0.05) is 16.9 Å². The normalized spacial score (nSPS) is 21.5. The van der Waals surface area contributed by atoms with Gasteiger partial charge in [-0.15, -0.1) is 11.8 Å². The molecule has 1 saturated heterocycles. The number of benzene rings is 2. The molecule has 2 aromatic rings. The highest BCUT2D eigenvalue weighted by atomic mass is 32.2. The molecule has 2 aliphatic heterocycles. The molecule has 2 aliphatic rings. The van der Waals surface area contributed by atoms with Crippen molar-refractivity contribution in [2.75, 3.05) is 7.11 Å². The minimum atomic E-state index is -0.743. The van der Waals surface area contributed by atoms with E-state index < -0.39 is 16.8 Å². The molecule has 0 aromatic heterocycles. The highest BCUT2D eigenvalue weighted by Crippen LogP contribution is 2.56. The summed E-state index contributed by atoms with van der Waals surface area (Å²) in [6.45, 7) is 5.89. The first-order valence-electron chi connectivity index (χ1n) is 10.5. The zero-order valence-electron chi connectivity index (χ0n) is 18.5. The zero-order valence-corrected chi connectivity index (χ0v) is 19.4. The molecule has 0 bridgehead atoms. The summed E-state index contributed by atoms with van der Waals surface area (Å²) in [5.74, 6) is -0.0451. The predicted octanol–water partition coefficient (Wildman–Crippen LogP) is 2.86. The molecule has 0 spiro atoms. The third-order valence-corrected chi connectivity index (χ3v) is 7.43. The minimum Gasteiger partial charge on any atom is -0.497 e. The number of hydrogen-bond acceptors (Lipinski definition) is 5. The van der Waals surface area contributed by atoms with E-state index in [1.807, 2.05) is 56.3 Å². The Labute approximate surface area is 191 Å². The van der Waals surface area contributed by atoms with Crippen LogP contribution < -0.4 is 15.4 Å². The Hall–Kier alpha value is -3.00. The molecule has 0 radical (unpaired) electrons. The number of fused-ring (bicyclic) bond motifs is 3. The Morgan fingerprint density at radius 3 is 2.69 bits per heavy atom. The summed E-state index contributed by atoms with van der Waals surface area (Å²) < 4.78 is 4.71. The van der Waals surface area contributed by atoms with E-state index in [0.717, 1.165) is 11.1 Å². The van der Waals surface area contributed by atoms with Crippen molar-refractivity contribution in [2.24, 2.45) is 0 Å². The second-order valence-electron chi connectivity index (χ2n) is 8.58. The van der Waals surface area contributed by atoms with Gasteiger partial charge < -0.3 is 20.3 Å². The summed E-state index contributed by atoms with van der Waals surface area (Å²) in [6.07, 6.45) is 0. The fourth-order valence-corrected chi connectivity index (χ4v) is 5.88. The van der Waals surface area contributed by atoms with E-state index in [1.165, 1.54) is 0 Å². The molecule has 3 amide bonds. The number of rotatable bonds is 6. The van der Waals surface area contributed by atoms with Crippen LogP contribution in [-0.4, -0.2) is 46.6 Å². The number of methoxy groups -OCH3 is 1. The maximum Gasteiger partial charge on any atom is 0.256 e. The monoisotopic (exact) mass is 453 g/mol. The molecular weight excluding hydrogens is 426 g/mol. The van der Waals surface area contributed by atoms with Gasteiger partial charge in [0.2, 0.25) is 11.8 Å². The molecule has 3 atom stereocenters. The number of carbonyl (C=O) groups excluding carboxylic acids is 3. The van der Waals surface area contributed by atoms with E-state index in [-0.39, 0.29) is 23.1 Å². The number of ether oxygens (including phenoxy) is 1. The van der Waals surface area contributed by atoms with Crippen LogP contribution in [0.1, 0.15) is 47.6 Å². The Balaban J connectivity index is 1.42. The quantitative estimate of drug-likeness (QED) is 0.702. The molecule has 1 fully saturated rings. The van der Waals surface area contributed by atoms with Gasteiger partial charge in [-0.1, -0.05) is 30.3 Å². The van der Waals surface area contributed by atoms with Crippen molar-refractivity contribution in [1.29, 1.82) is 0 Å². The van der Waals surface area contributed by atoms with Crippen LogP contribution in [0.5, 0.6) is 5.75 Å². The summed E-state index contributed by atoms with van der Waals surface area (Å²) in [5, 5.41) is 5.46. The van der Waals surface area contributed by atoms with Crippen LogP contribution in [0.15, 0.2) is 48.5 Å². The number of carbonyl (C=O) groups is 3.